The standard InChI is InChI=1S/C18H15ClN2O2S/c1-20(2)14-8-6-12(7-9-14)10-16-17(22)21(18(23)24-16)15-5-3-4-13(19)11-15/h3-11H,1-2H3/b16-10+. The van der Waals surface area contributed by atoms with Gasteiger partial charge in [-0.15, -0.1) is 0 Å². The lowest BCUT2D eigenvalue weighted by Crippen LogP contribution is -2.27. The first-order valence-electron chi connectivity index (χ1n) is 7.26. The maximum Gasteiger partial charge on any atom is 0.298 e. The minimum absolute atomic E-state index is 0.321. The van der Waals surface area contributed by atoms with Gasteiger partial charge in [0.1, 0.15) is 0 Å². The molecule has 122 valence electrons. The fourth-order valence-corrected chi connectivity index (χ4v) is 3.35. The topological polar surface area (TPSA) is 40.6 Å². The van der Waals surface area contributed by atoms with Crippen molar-refractivity contribution < 1.29 is 9.59 Å². The first-order valence-corrected chi connectivity index (χ1v) is 8.46. The number of hydrogen-bond donors (Lipinski definition) is 0. The van der Waals surface area contributed by atoms with Gasteiger partial charge in [0, 0.05) is 24.8 Å². The molecular formula is C18H15ClN2O2S. The number of halogens is 1. The minimum atomic E-state index is -0.330. The van der Waals surface area contributed by atoms with Crippen molar-refractivity contribution in [2.75, 3.05) is 23.9 Å². The molecule has 1 saturated heterocycles. The Hall–Kier alpha value is -2.24. The SMILES string of the molecule is CN(C)c1ccc(/C=C2/SC(=O)N(c3cccc(Cl)c3)C2=O)cc1. The van der Waals surface area contributed by atoms with Crippen LogP contribution in [0.15, 0.2) is 53.4 Å². The molecule has 6 heteroatoms. The highest BCUT2D eigenvalue weighted by molar-refractivity contribution is 8.19. The van der Waals surface area contributed by atoms with Crippen molar-refractivity contribution in [2.24, 2.45) is 0 Å². The van der Waals surface area contributed by atoms with Crippen LogP contribution in [0.25, 0.3) is 6.08 Å². The monoisotopic (exact) mass is 358 g/mol. The van der Waals surface area contributed by atoms with E-state index >= 15 is 0 Å². The summed E-state index contributed by atoms with van der Waals surface area (Å²) >= 11 is 6.88. The van der Waals surface area contributed by atoms with Gasteiger partial charge in [-0.25, -0.2) is 4.90 Å². The van der Waals surface area contributed by atoms with Crippen LogP contribution < -0.4 is 9.80 Å². The molecule has 24 heavy (non-hydrogen) atoms. The number of benzene rings is 2. The van der Waals surface area contributed by atoms with Crippen molar-refractivity contribution in [3.8, 4) is 0 Å². The first kappa shape index (κ1) is 16.6. The van der Waals surface area contributed by atoms with E-state index in [4.69, 9.17) is 11.6 Å². The van der Waals surface area contributed by atoms with Crippen LogP contribution in [0.1, 0.15) is 5.56 Å². The van der Waals surface area contributed by atoms with Crippen LogP contribution in [0.3, 0.4) is 0 Å². The molecule has 0 spiro atoms. The van der Waals surface area contributed by atoms with Crippen molar-refractivity contribution in [1.82, 2.24) is 0 Å². The lowest BCUT2D eigenvalue weighted by molar-refractivity contribution is -0.113. The summed E-state index contributed by atoms with van der Waals surface area (Å²) in [5.41, 5.74) is 2.42. The molecule has 3 rings (SSSR count). The molecule has 1 aliphatic heterocycles. The molecule has 0 saturated carbocycles. The van der Waals surface area contributed by atoms with Crippen LogP contribution in [-0.2, 0) is 4.79 Å². The molecule has 0 aliphatic carbocycles. The highest BCUT2D eigenvalue weighted by Crippen LogP contribution is 2.36. The zero-order chi connectivity index (χ0) is 17.3. The van der Waals surface area contributed by atoms with Gasteiger partial charge in [0.2, 0.25) is 0 Å². The molecule has 1 fully saturated rings. The molecule has 0 radical (unpaired) electrons. The smallest absolute Gasteiger partial charge is 0.298 e. The molecule has 0 atom stereocenters. The van der Waals surface area contributed by atoms with E-state index in [9.17, 15) is 9.59 Å². The number of imide groups is 1. The number of carbonyl (C=O) groups excluding carboxylic acids is 2. The molecule has 1 aliphatic rings. The maximum atomic E-state index is 12.6. The summed E-state index contributed by atoms with van der Waals surface area (Å²) in [5.74, 6) is -0.330. The van der Waals surface area contributed by atoms with E-state index in [0.29, 0.717) is 15.6 Å². The second kappa shape index (κ2) is 6.71. The third kappa shape index (κ3) is 3.32. The number of anilines is 2. The first-order chi connectivity index (χ1) is 11.5. The van der Waals surface area contributed by atoms with Gasteiger partial charge in [-0.3, -0.25) is 9.59 Å². The molecular weight excluding hydrogens is 344 g/mol. The Morgan fingerprint density at radius 2 is 1.79 bits per heavy atom. The van der Waals surface area contributed by atoms with Crippen LogP contribution in [0, 0.1) is 0 Å². The van der Waals surface area contributed by atoms with Gasteiger partial charge >= 0.3 is 0 Å². The molecule has 0 unspecified atom stereocenters. The Morgan fingerprint density at radius 3 is 2.42 bits per heavy atom. The third-order valence-corrected chi connectivity index (χ3v) is 4.67. The Labute approximate surface area is 149 Å². The van der Waals surface area contributed by atoms with Crippen LogP contribution in [0.4, 0.5) is 16.2 Å². The van der Waals surface area contributed by atoms with Gasteiger partial charge in [-0.2, -0.15) is 0 Å². The van der Waals surface area contributed by atoms with Crippen LogP contribution in [-0.4, -0.2) is 25.2 Å². The van der Waals surface area contributed by atoms with Crippen molar-refractivity contribution in [3.63, 3.8) is 0 Å². The van der Waals surface area contributed by atoms with E-state index in [0.717, 1.165) is 27.9 Å². The number of rotatable bonds is 3. The van der Waals surface area contributed by atoms with E-state index in [1.807, 2.05) is 43.3 Å². The summed E-state index contributed by atoms with van der Waals surface area (Å²) in [6.07, 6.45) is 1.73. The molecule has 4 nitrogen and oxygen atoms in total. The molecule has 2 aromatic carbocycles. The van der Waals surface area contributed by atoms with E-state index < -0.39 is 0 Å². The number of carbonyl (C=O) groups is 2. The molecule has 1 heterocycles. The Balaban J connectivity index is 1.88. The number of nitrogens with zero attached hydrogens (tertiary/aromatic N) is 2. The highest BCUT2D eigenvalue weighted by Gasteiger charge is 2.36. The second-order valence-electron chi connectivity index (χ2n) is 5.48. The van der Waals surface area contributed by atoms with E-state index in [1.54, 1.807) is 30.3 Å². The summed E-state index contributed by atoms with van der Waals surface area (Å²) < 4.78 is 0. The van der Waals surface area contributed by atoms with Crippen molar-refractivity contribution in [1.29, 1.82) is 0 Å². The molecule has 2 aromatic rings. The van der Waals surface area contributed by atoms with Gasteiger partial charge in [-0.1, -0.05) is 29.8 Å². The van der Waals surface area contributed by atoms with Crippen molar-refractivity contribution in [3.05, 3.63) is 64.0 Å². The van der Waals surface area contributed by atoms with Gasteiger partial charge < -0.3 is 4.90 Å². The number of thioether (sulfide) groups is 1. The molecule has 0 N–H and O–H groups in total. The Kier molecular flexibility index (Phi) is 4.64. The third-order valence-electron chi connectivity index (χ3n) is 3.57. The molecule has 0 bridgehead atoms. The maximum absolute atomic E-state index is 12.6. The average molecular weight is 359 g/mol. The zero-order valence-corrected chi connectivity index (χ0v) is 14.8. The number of hydrogen-bond acceptors (Lipinski definition) is 4. The van der Waals surface area contributed by atoms with E-state index in [-0.39, 0.29) is 11.1 Å². The minimum Gasteiger partial charge on any atom is -0.378 e. The van der Waals surface area contributed by atoms with Crippen molar-refractivity contribution in [2.45, 2.75) is 0 Å². The fraction of sp³-hybridized carbons (Fsp3) is 0.111. The predicted octanol–water partition coefficient (Wildman–Crippen LogP) is 4.65. The highest BCUT2D eigenvalue weighted by atomic mass is 35.5. The summed E-state index contributed by atoms with van der Waals surface area (Å²) in [6.45, 7) is 0. The lowest BCUT2D eigenvalue weighted by Gasteiger charge is -2.12. The molecule has 0 aromatic heterocycles. The normalized spacial score (nSPS) is 16.1. The zero-order valence-electron chi connectivity index (χ0n) is 13.2. The van der Waals surface area contributed by atoms with Crippen LogP contribution in [0.5, 0.6) is 0 Å². The lowest BCUT2D eigenvalue weighted by atomic mass is 10.2. The van der Waals surface area contributed by atoms with E-state index in [1.165, 1.54) is 0 Å². The largest absolute Gasteiger partial charge is 0.378 e. The second-order valence-corrected chi connectivity index (χ2v) is 6.91. The predicted molar refractivity (Wildman–Crippen MR) is 101 cm³/mol. The van der Waals surface area contributed by atoms with E-state index in [2.05, 4.69) is 0 Å². The fourth-order valence-electron chi connectivity index (χ4n) is 2.33. The summed E-state index contributed by atoms with van der Waals surface area (Å²) in [7, 11) is 3.93. The summed E-state index contributed by atoms with van der Waals surface area (Å²) in [5, 5.41) is 0.160. The van der Waals surface area contributed by atoms with Gasteiger partial charge in [-0.05, 0) is 53.7 Å². The Morgan fingerprint density at radius 1 is 1.08 bits per heavy atom. The number of amides is 2. The summed E-state index contributed by atoms with van der Waals surface area (Å²) in [6, 6.07) is 14.5. The van der Waals surface area contributed by atoms with Gasteiger partial charge in [0.15, 0.2) is 0 Å². The summed E-state index contributed by atoms with van der Waals surface area (Å²) in [4.78, 5) is 28.3. The Bertz CT molecular complexity index is 831. The van der Waals surface area contributed by atoms with Gasteiger partial charge in [0.05, 0.1) is 10.6 Å². The van der Waals surface area contributed by atoms with Crippen LogP contribution >= 0.6 is 23.4 Å². The van der Waals surface area contributed by atoms with Crippen molar-refractivity contribution >= 4 is 52.0 Å². The average Bonchev–Trinajstić information content (AvgIpc) is 2.82. The molecule has 2 amide bonds. The van der Waals surface area contributed by atoms with Gasteiger partial charge in [0.25, 0.3) is 11.1 Å². The van der Waals surface area contributed by atoms with Crippen LogP contribution in [0.2, 0.25) is 5.02 Å². The quantitative estimate of drug-likeness (QED) is 0.749.